The number of carbonyl (C=O) groups excluding carboxylic acids is 1. The van der Waals surface area contributed by atoms with Crippen LogP contribution >= 0.6 is 0 Å². The minimum absolute atomic E-state index is 0.0115. The summed E-state index contributed by atoms with van der Waals surface area (Å²) in [6.45, 7) is 6.66. The number of nitrogens with zero attached hydrogens (tertiary/aromatic N) is 4. The average molecular weight is 515 g/mol. The Hall–Kier alpha value is -3.76. The van der Waals surface area contributed by atoms with Crippen LogP contribution in [-0.2, 0) is 12.0 Å². The predicted octanol–water partition coefficient (Wildman–Crippen LogP) is 3.83. The largest absolute Gasteiger partial charge is 0.573 e. The van der Waals surface area contributed by atoms with Crippen LogP contribution in [0.15, 0.2) is 47.7 Å². The Balaban J connectivity index is 1.33. The first-order valence-corrected chi connectivity index (χ1v) is 12.0. The molecule has 0 unspecified atom stereocenters. The lowest BCUT2D eigenvalue weighted by Crippen LogP contribution is -2.50. The number of halogens is 3. The molecule has 0 spiro atoms. The number of alkyl halides is 3. The molecule has 2 atom stereocenters. The van der Waals surface area contributed by atoms with Gasteiger partial charge in [-0.1, -0.05) is 0 Å². The molecule has 0 radical (unpaired) electrons. The summed E-state index contributed by atoms with van der Waals surface area (Å²) in [6, 6.07) is 7.38. The first-order chi connectivity index (χ1) is 17.4. The maximum absolute atomic E-state index is 13.5. The SMILES string of the molecule is Cc1cn(-c2ccc3n(c2=O)CCN(C[C@]24C[C@H]2C(C)(C)Oc2ccc(OC(F)(F)F)cc24)C3=O)cn1. The van der Waals surface area contributed by atoms with Crippen LogP contribution in [0.1, 0.15) is 42.0 Å². The summed E-state index contributed by atoms with van der Waals surface area (Å²) in [5.41, 5.74) is 0.678. The third-order valence-electron chi connectivity index (χ3n) is 7.73. The Morgan fingerprint density at radius 1 is 1.16 bits per heavy atom. The van der Waals surface area contributed by atoms with Gasteiger partial charge in [-0.15, -0.1) is 13.2 Å². The highest BCUT2D eigenvalue weighted by Gasteiger charge is 2.67. The van der Waals surface area contributed by atoms with Crippen molar-refractivity contribution in [1.82, 2.24) is 19.0 Å². The van der Waals surface area contributed by atoms with E-state index in [2.05, 4.69) is 9.72 Å². The second-order valence-electron chi connectivity index (χ2n) is 10.5. The number of benzene rings is 1. The summed E-state index contributed by atoms with van der Waals surface area (Å²) in [5, 5.41) is 0. The van der Waals surface area contributed by atoms with Crippen molar-refractivity contribution in [3.05, 3.63) is 70.2 Å². The summed E-state index contributed by atoms with van der Waals surface area (Å²) < 4.78 is 52.1. The topological polar surface area (TPSA) is 78.6 Å². The van der Waals surface area contributed by atoms with E-state index in [4.69, 9.17) is 4.74 Å². The van der Waals surface area contributed by atoms with Crippen LogP contribution in [0, 0.1) is 12.8 Å². The summed E-state index contributed by atoms with van der Waals surface area (Å²) in [4.78, 5) is 32.5. The van der Waals surface area contributed by atoms with Crippen LogP contribution in [0.25, 0.3) is 5.69 Å². The molecule has 1 amide bonds. The molecule has 2 aromatic heterocycles. The number of amides is 1. The third kappa shape index (κ3) is 3.79. The van der Waals surface area contributed by atoms with E-state index in [-0.39, 0.29) is 28.8 Å². The van der Waals surface area contributed by atoms with E-state index in [1.54, 1.807) is 34.1 Å². The van der Waals surface area contributed by atoms with Gasteiger partial charge in [-0.2, -0.15) is 0 Å². The number of rotatable bonds is 4. The zero-order valence-electron chi connectivity index (χ0n) is 20.5. The van der Waals surface area contributed by atoms with Gasteiger partial charge in [0.1, 0.15) is 28.5 Å². The predicted molar refractivity (Wildman–Crippen MR) is 126 cm³/mol. The van der Waals surface area contributed by atoms with Gasteiger partial charge in [-0.05, 0) is 57.5 Å². The van der Waals surface area contributed by atoms with Gasteiger partial charge in [-0.25, -0.2) is 4.98 Å². The van der Waals surface area contributed by atoms with E-state index in [0.29, 0.717) is 43.1 Å². The molecule has 194 valence electrons. The molecule has 6 rings (SSSR count). The molecule has 2 aliphatic heterocycles. The van der Waals surface area contributed by atoms with Gasteiger partial charge in [0.15, 0.2) is 0 Å². The number of carbonyl (C=O) groups is 1. The van der Waals surface area contributed by atoms with Gasteiger partial charge in [0.2, 0.25) is 0 Å². The van der Waals surface area contributed by atoms with Crippen LogP contribution in [0.2, 0.25) is 0 Å². The van der Waals surface area contributed by atoms with Crippen molar-refractivity contribution in [1.29, 1.82) is 0 Å². The fourth-order valence-corrected chi connectivity index (χ4v) is 6.01. The lowest BCUT2D eigenvalue weighted by Gasteiger charge is -2.40. The molecule has 11 heteroatoms. The highest BCUT2D eigenvalue weighted by atomic mass is 19.4. The molecule has 1 aliphatic carbocycles. The van der Waals surface area contributed by atoms with Crippen LogP contribution in [0.4, 0.5) is 13.2 Å². The van der Waals surface area contributed by atoms with Crippen LogP contribution in [0.5, 0.6) is 11.5 Å². The second-order valence-corrected chi connectivity index (χ2v) is 10.5. The van der Waals surface area contributed by atoms with Crippen molar-refractivity contribution >= 4 is 5.91 Å². The van der Waals surface area contributed by atoms with Crippen LogP contribution in [-0.4, -0.2) is 50.0 Å². The summed E-state index contributed by atoms with van der Waals surface area (Å²) >= 11 is 0. The number of aromatic nitrogens is 3. The van der Waals surface area contributed by atoms with Crippen molar-refractivity contribution in [3.8, 4) is 17.2 Å². The smallest absolute Gasteiger partial charge is 0.487 e. The van der Waals surface area contributed by atoms with Gasteiger partial charge in [0.25, 0.3) is 11.5 Å². The van der Waals surface area contributed by atoms with Gasteiger partial charge < -0.3 is 23.5 Å². The van der Waals surface area contributed by atoms with E-state index in [1.165, 1.54) is 22.8 Å². The first-order valence-electron chi connectivity index (χ1n) is 12.0. The maximum atomic E-state index is 13.5. The molecule has 1 saturated carbocycles. The normalized spacial score (nSPS) is 23.6. The summed E-state index contributed by atoms with van der Waals surface area (Å²) in [5.74, 6) is -0.0963. The molecule has 8 nitrogen and oxygen atoms in total. The van der Waals surface area contributed by atoms with Crippen molar-refractivity contribution in [2.75, 3.05) is 13.1 Å². The fraction of sp³-hybridized carbons (Fsp3) is 0.423. The minimum Gasteiger partial charge on any atom is -0.487 e. The Morgan fingerprint density at radius 3 is 2.65 bits per heavy atom. The molecule has 3 aliphatic rings. The zero-order valence-corrected chi connectivity index (χ0v) is 20.5. The molecule has 0 bridgehead atoms. The molecule has 3 aromatic rings. The zero-order chi connectivity index (χ0) is 26.3. The Bertz CT molecular complexity index is 1490. The van der Waals surface area contributed by atoms with Crippen molar-refractivity contribution in [2.45, 2.75) is 51.1 Å². The van der Waals surface area contributed by atoms with Gasteiger partial charge in [0.05, 0.1) is 12.0 Å². The number of aryl methyl sites for hydroxylation is 1. The number of imidazole rings is 1. The second kappa shape index (κ2) is 7.62. The highest BCUT2D eigenvalue weighted by Crippen LogP contribution is 2.65. The van der Waals surface area contributed by atoms with E-state index in [9.17, 15) is 22.8 Å². The minimum atomic E-state index is -4.81. The number of fused-ring (bicyclic) bond motifs is 4. The molecule has 1 aromatic carbocycles. The van der Waals surface area contributed by atoms with Crippen LogP contribution in [0.3, 0.4) is 0 Å². The number of hydrogen-bond acceptors (Lipinski definition) is 5. The van der Waals surface area contributed by atoms with Crippen molar-refractivity contribution in [2.24, 2.45) is 5.92 Å². The molecule has 0 N–H and O–H groups in total. The summed E-state index contributed by atoms with van der Waals surface area (Å²) in [7, 11) is 0. The summed E-state index contributed by atoms with van der Waals surface area (Å²) in [6.07, 6.45) is -0.844. The van der Waals surface area contributed by atoms with Crippen molar-refractivity contribution < 1.29 is 27.4 Å². The maximum Gasteiger partial charge on any atom is 0.573 e. The fourth-order valence-electron chi connectivity index (χ4n) is 6.01. The standard InChI is InChI=1S/C26H25F3N4O4/c1-15-12-32(14-30-15)18-5-6-19-22(34)31(8-9-33(19)23(18)35)13-25-11-21(25)24(2,3)37-20-7-4-16(10-17(20)25)36-26(27,28)29/h4-7,10,12,14,21H,8-9,11,13H2,1-3H3/t21-,25-/m0/s1. The Morgan fingerprint density at radius 2 is 1.95 bits per heavy atom. The molecular weight excluding hydrogens is 489 g/mol. The number of pyridine rings is 1. The first kappa shape index (κ1) is 23.6. The number of ether oxygens (including phenoxy) is 2. The molecular formula is C26H25F3N4O4. The lowest BCUT2D eigenvalue weighted by molar-refractivity contribution is -0.274. The van der Waals surface area contributed by atoms with Crippen molar-refractivity contribution in [3.63, 3.8) is 0 Å². The van der Waals surface area contributed by atoms with E-state index in [0.717, 1.165) is 5.69 Å². The van der Waals surface area contributed by atoms with E-state index < -0.39 is 17.4 Å². The number of hydrogen-bond donors (Lipinski definition) is 0. The quantitative estimate of drug-likeness (QED) is 0.529. The van der Waals surface area contributed by atoms with Gasteiger partial charge in [0, 0.05) is 42.7 Å². The Labute approximate surface area is 210 Å². The Kier molecular flexibility index (Phi) is 4.87. The van der Waals surface area contributed by atoms with Crippen LogP contribution < -0.4 is 15.0 Å². The highest BCUT2D eigenvalue weighted by molar-refractivity contribution is 5.93. The molecule has 1 fully saturated rings. The van der Waals surface area contributed by atoms with E-state index >= 15 is 0 Å². The molecule has 37 heavy (non-hydrogen) atoms. The average Bonchev–Trinajstić information content (AvgIpc) is 3.42. The van der Waals surface area contributed by atoms with Gasteiger partial charge >= 0.3 is 6.36 Å². The third-order valence-corrected chi connectivity index (χ3v) is 7.73. The van der Waals surface area contributed by atoms with E-state index in [1.807, 2.05) is 20.8 Å². The molecule has 4 heterocycles. The molecule has 0 saturated heterocycles. The lowest BCUT2D eigenvalue weighted by atomic mass is 9.83. The monoisotopic (exact) mass is 514 g/mol. The van der Waals surface area contributed by atoms with Gasteiger partial charge in [-0.3, -0.25) is 9.59 Å².